The highest BCUT2D eigenvalue weighted by Gasteiger charge is 2.56. The number of hydrogen-bond acceptors (Lipinski definition) is 23. The molecule has 57 heavy (non-hydrogen) atoms. The second kappa shape index (κ2) is 20.8. The molecule has 0 bridgehead atoms. The van der Waals surface area contributed by atoms with Gasteiger partial charge in [-0.05, 0) is 27.7 Å². The number of rotatable bonds is 14. The molecule has 20 atom stereocenters. The van der Waals surface area contributed by atoms with E-state index in [2.05, 4.69) is 0 Å². The van der Waals surface area contributed by atoms with E-state index in [1.54, 1.807) is 6.92 Å². The van der Waals surface area contributed by atoms with Crippen molar-refractivity contribution in [2.75, 3.05) is 26.4 Å². The van der Waals surface area contributed by atoms with E-state index in [4.69, 9.17) is 42.6 Å². The average Bonchev–Trinajstić information content (AvgIpc) is 3.20. The maximum Gasteiger partial charge on any atom is 0.333 e. The molecule has 0 spiro atoms. The first-order valence-corrected chi connectivity index (χ1v) is 18.1. The van der Waals surface area contributed by atoms with Gasteiger partial charge in [-0.25, -0.2) is 9.59 Å². The van der Waals surface area contributed by atoms with Crippen molar-refractivity contribution < 1.29 is 113 Å². The number of esters is 2. The number of allylic oxidation sites excluding steroid dienone is 2. The average molecular weight is 831 g/mol. The summed E-state index contributed by atoms with van der Waals surface area (Å²) in [6, 6.07) is 0. The van der Waals surface area contributed by atoms with Crippen LogP contribution in [0.4, 0.5) is 0 Å². The Morgan fingerprint density at radius 2 is 0.877 bits per heavy atom. The fraction of sp³-hybridized carbons (Fsp3) is 0.824. The predicted octanol–water partition coefficient (Wildman–Crippen LogP) is -6.71. The van der Waals surface area contributed by atoms with Gasteiger partial charge in [-0.1, -0.05) is 12.2 Å². The van der Waals surface area contributed by atoms with Gasteiger partial charge in [0.05, 0.1) is 19.8 Å². The van der Waals surface area contributed by atoms with E-state index in [-0.39, 0.29) is 11.1 Å². The molecule has 4 saturated heterocycles. The molecule has 4 aliphatic rings. The molecular formula is C34H54O23. The Morgan fingerprint density at radius 1 is 0.474 bits per heavy atom. The van der Waals surface area contributed by atoms with Crippen LogP contribution in [-0.4, -0.2) is 222 Å². The maximum atomic E-state index is 12.8. The van der Waals surface area contributed by atoms with E-state index in [9.17, 15) is 70.9 Å². The quantitative estimate of drug-likeness (QED) is 0.0572. The van der Waals surface area contributed by atoms with E-state index in [1.807, 2.05) is 0 Å². The third-order valence-electron chi connectivity index (χ3n) is 10.1. The molecule has 12 N–H and O–H groups in total. The highest BCUT2D eigenvalue weighted by Crippen LogP contribution is 2.36. The van der Waals surface area contributed by atoms with E-state index < -0.39 is 161 Å². The van der Waals surface area contributed by atoms with Crippen molar-refractivity contribution in [3.63, 3.8) is 0 Å². The molecular weight excluding hydrogens is 776 g/mol. The van der Waals surface area contributed by atoms with E-state index in [0.29, 0.717) is 0 Å². The Labute approximate surface area is 325 Å². The Kier molecular flexibility index (Phi) is 17.2. The Hall–Kier alpha value is -2.34. The lowest BCUT2D eigenvalue weighted by atomic mass is 9.96. The van der Waals surface area contributed by atoms with Crippen LogP contribution < -0.4 is 0 Å². The minimum Gasteiger partial charge on any atom is -0.459 e. The summed E-state index contributed by atoms with van der Waals surface area (Å²) in [7, 11) is 0. The number of aliphatic hydroxyl groups excluding tert-OH is 12. The first-order chi connectivity index (χ1) is 26.9. The Balaban J connectivity index is 1.73. The van der Waals surface area contributed by atoms with Crippen molar-refractivity contribution in [3.8, 4) is 0 Å². The van der Waals surface area contributed by atoms with Gasteiger partial charge in [0.25, 0.3) is 0 Å². The minimum absolute atomic E-state index is 0.0800. The maximum absolute atomic E-state index is 12.8. The van der Waals surface area contributed by atoms with Crippen molar-refractivity contribution in [1.29, 1.82) is 0 Å². The van der Waals surface area contributed by atoms with Crippen LogP contribution in [0.2, 0.25) is 0 Å². The molecule has 23 nitrogen and oxygen atoms in total. The third-order valence-corrected chi connectivity index (χ3v) is 10.1. The molecule has 4 rings (SSSR count). The van der Waals surface area contributed by atoms with Gasteiger partial charge in [0.2, 0.25) is 0 Å². The fourth-order valence-electron chi connectivity index (χ4n) is 6.26. The summed E-state index contributed by atoms with van der Waals surface area (Å²) >= 11 is 0. The van der Waals surface area contributed by atoms with Crippen LogP contribution in [0.1, 0.15) is 27.7 Å². The van der Waals surface area contributed by atoms with Crippen LogP contribution in [-0.2, 0) is 52.2 Å². The highest BCUT2D eigenvalue weighted by atomic mass is 16.8. The summed E-state index contributed by atoms with van der Waals surface area (Å²) in [6.45, 7) is 2.51. The van der Waals surface area contributed by atoms with Gasteiger partial charge in [-0.3, -0.25) is 0 Å². The van der Waals surface area contributed by atoms with Gasteiger partial charge in [-0.15, -0.1) is 0 Å². The first kappa shape index (κ1) is 47.3. The molecule has 0 saturated carbocycles. The number of hydrogen-bond donors (Lipinski definition) is 12. The molecule has 4 aliphatic heterocycles. The van der Waals surface area contributed by atoms with Crippen molar-refractivity contribution in [1.82, 2.24) is 0 Å². The summed E-state index contributed by atoms with van der Waals surface area (Å²) in [4.78, 5) is 25.2. The second-order valence-corrected chi connectivity index (χ2v) is 13.9. The molecule has 23 heteroatoms. The SMILES string of the molecule is CC=C(C)C(=O)OCC1OC(OC2OC(CO)C(OC(=O)C(C)=CC)C(O)C2OC2OC(CO)C(O)C(O)C2O)C(OC2OC(CO)C(O)C(O)C2O)C(O)C1O. The first-order valence-electron chi connectivity index (χ1n) is 18.1. The molecule has 0 amide bonds. The Morgan fingerprint density at radius 3 is 1.33 bits per heavy atom. The van der Waals surface area contributed by atoms with Crippen LogP contribution >= 0.6 is 0 Å². The standard InChI is InChI=1S/C34H54O23/c1-5-11(3)29(47)49-10-16-19(40)22(43)27(55-31-23(44)20(41)17(38)13(7-35)50-31)33(53-16)57-34-28(56-32-24(45)21(42)18(39)14(8-36)51-32)25(46)26(15(9-37)52-34)54-30(48)12(4)6-2/h5-6,13-28,31-46H,7-10H2,1-4H3. The lowest BCUT2D eigenvalue weighted by Gasteiger charge is -2.49. The highest BCUT2D eigenvalue weighted by molar-refractivity contribution is 5.88. The van der Waals surface area contributed by atoms with E-state index >= 15 is 0 Å². The minimum atomic E-state index is -2.09. The zero-order valence-corrected chi connectivity index (χ0v) is 31.4. The lowest BCUT2D eigenvalue weighted by Crippen LogP contribution is -2.68. The topological polar surface area (TPSA) is 360 Å². The van der Waals surface area contributed by atoms with Gasteiger partial charge in [0, 0.05) is 11.1 Å². The zero-order valence-electron chi connectivity index (χ0n) is 31.4. The van der Waals surface area contributed by atoms with Crippen LogP contribution in [0.15, 0.2) is 23.3 Å². The van der Waals surface area contributed by atoms with Crippen LogP contribution in [0.5, 0.6) is 0 Å². The van der Waals surface area contributed by atoms with Gasteiger partial charge in [0.1, 0.15) is 98.2 Å². The molecule has 0 aromatic carbocycles. The van der Waals surface area contributed by atoms with E-state index in [0.717, 1.165) is 0 Å². The van der Waals surface area contributed by atoms with Crippen LogP contribution in [0, 0.1) is 0 Å². The van der Waals surface area contributed by atoms with Gasteiger partial charge >= 0.3 is 11.9 Å². The summed E-state index contributed by atoms with van der Waals surface area (Å²) in [5.41, 5.74) is 0.251. The monoisotopic (exact) mass is 830 g/mol. The van der Waals surface area contributed by atoms with Gasteiger partial charge in [0.15, 0.2) is 31.3 Å². The number of ether oxygens (including phenoxy) is 9. The largest absolute Gasteiger partial charge is 0.459 e. The van der Waals surface area contributed by atoms with E-state index in [1.165, 1.54) is 32.9 Å². The molecule has 0 radical (unpaired) electrons. The molecule has 4 heterocycles. The summed E-state index contributed by atoms with van der Waals surface area (Å²) in [6.07, 6.45) is -34.9. The molecule has 0 aliphatic carbocycles. The lowest BCUT2D eigenvalue weighted by molar-refractivity contribution is -0.414. The predicted molar refractivity (Wildman–Crippen MR) is 180 cm³/mol. The van der Waals surface area contributed by atoms with Crippen molar-refractivity contribution in [2.45, 2.75) is 151 Å². The summed E-state index contributed by atoms with van der Waals surface area (Å²) in [5.74, 6) is -1.79. The van der Waals surface area contributed by atoms with Crippen molar-refractivity contribution in [2.24, 2.45) is 0 Å². The van der Waals surface area contributed by atoms with Crippen molar-refractivity contribution >= 4 is 11.9 Å². The zero-order chi connectivity index (χ0) is 42.5. The fourth-order valence-corrected chi connectivity index (χ4v) is 6.26. The van der Waals surface area contributed by atoms with Crippen molar-refractivity contribution in [3.05, 3.63) is 23.3 Å². The third kappa shape index (κ3) is 10.5. The second-order valence-electron chi connectivity index (χ2n) is 13.9. The molecule has 20 unspecified atom stereocenters. The molecule has 328 valence electrons. The number of carbonyl (C=O) groups is 2. The smallest absolute Gasteiger partial charge is 0.333 e. The Bertz CT molecular complexity index is 1370. The number of carbonyl (C=O) groups excluding carboxylic acids is 2. The van der Waals surface area contributed by atoms with Crippen LogP contribution in [0.3, 0.4) is 0 Å². The van der Waals surface area contributed by atoms with Gasteiger partial charge < -0.3 is 104 Å². The molecule has 0 aromatic rings. The normalized spacial score (nSPS) is 44.7. The van der Waals surface area contributed by atoms with Gasteiger partial charge in [-0.2, -0.15) is 0 Å². The van der Waals surface area contributed by atoms with Crippen LogP contribution in [0.25, 0.3) is 0 Å². The molecule has 0 aromatic heterocycles. The summed E-state index contributed by atoms with van der Waals surface area (Å²) in [5, 5.41) is 127. The summed E-state index contributed by atoms with van der Waals surface area (Å²) < 4.78 is 50.8. The number of aliphatic hydroxyl groups is 12. The molecule has 4 fully saturated rings.